The lowest BCUT2D eigenvalue weighted by Gasteiger charge is -2.14. The predicted molar refractivity (Wildman–Crippen MR) is 106 cm³/mol. The van der Waals surface area contributed by atoms with Crippen molar-refractivity contribution in [2.24, 2.45) is 10.7 Å². The second kappa shape index (κ2) is 10.4. The van der Waals surface area contributed by atoms with Crippen LogP contribution in [0.1, 0.15) is 5.56 Å². The van der Waals surface area contributed by atoms with Crippen LogP contribution >= 0.6 is 24.0 Å². The molecule has 0 fully saturated rings. The van der Waals surface area contributed by atoms with Gasteiger partial charge in [0, 0.05) is 12.7 Å². The van der Waals surface area contributed by atoms with Crippen LogP contribution in [0.2, 0.25) is 0 Å². The van der Waals surface area contributed by atoms with Crippen molar-refractivity contribution in [2.45, 2.75) is 12.5 Å². The number of aliphatic imine (C=N–C) groups is 1. The average Bonchev–Trinajstić information content (AvgIpc) is 2.59. The summed E-state index contributed by atoms with van der Waals surface area (Å²) in [5.41, 5.74) is 4.60. The first kappa shape index (κ1) is 24.6. The van der Waals surface area contributed by atoms with E-state index in [9.17, 15) is 26.3 Å². The van der Waals surface area contributed by atoms with Crippen LogP contribution in [0.4, 0.5) is 37.8 Å². The SMILES string of the molecule is I.NC(=NCCNc1ncccc1C(F)(F)F)Nc1ccccc1OC(F)(F)F. The molecule has 2 aromatic rings. The summed E-state index contributed by atoms with van der Waals surface area (Å²) in [5, 5.41) is 4.93. The number of nitrogens with zero attached hydrogens (tertiary/aromatic N) is 2. The van der Waals surface area contributed by atoms with Crippen LogP contribution < -0.4 is 21.1 Å². The summed E-state index contributed by atoms with van der Waals surface area (Å²) < 4.78 is 79.6. The van der Waals surface area contributed by atoms with Crippen molar-refractivity contribution in [3.8, 4) is 5.75 Å². The first-order valence-corrected chi connectivity index (χ1v) is 7.74. The zero-order valence-corrected chi connectivity index (χ0v) is 16.8. The Kier molecular flexibility index (Phi) is 8.79. The number of aromatic nitrogens is 1. The van der Waals surface area contributed by atoms with Crippen molar-refractivity contribution < 1.29 is 31.1 Å². The zero-order chi connectivity index (χ0) is 20.8. The maximum atomic E-state index is 12.9. The smallest absolute Gasteiger partial charge is 0.404 e. The number of hydrogen-bond donors (Lipinski definition) is 3. The number of rotatable bonds is 6. The summed E-state index contributed by atoms with van der Waals surface area (Å²) in [6.07, 6.45) is -8.25. The molecule has 1 aromatic heterocycles. The summed E-state index contributed by atoms with van der Waals surface area (Å²) in [6, 6.07) is 7.23. The molecule has 0 radical (unpaired) electrons. The van der Waals surface area contributed by atoms with Crippen molar-refractivity contribution in [2.75, 3.05) is 23.7 Å². The Morgan fingerprint density at radius 2 is 1.76 bits per heavy atom. The van der Waals surface area contributed by atoms with E-state index >= 15 is 0 Å². The molecular weight excluding hydrogens is 519 g/mol. The first-order valence-electron chi connectivity index (χ1n) is 7.74. The van der Waals surface area contributed by atoms with Crippen LogP contribution in [-0.4, -0.2) is 30.4 Å². The van der Waals surface area contributed by atoms with Gasteiger partial charge in [-0.3, -0.25) is 4.99 Å². The Bertz CT molecular complexity index is 828. The van der Waals surface area contributed by atoms with Gasteiger partial charge < -0.3 is 21.1 Å². The van der Waals surface area contributed by atoms with Crippen molar-refractivity contribution in [3.05, 3.63) is 48.2 Å². The minimum Gasteiger partial charge on any atom is -0.404 e. The van der Waals surface area contributed by atoms with E-state index in [2.05, 4.69) is 25.3 Å². The lowest BCUT2D eigenvalue weighted by Crippen LogP contribution is -2.25. The van der Waals surface area contributed by atoms with E-state index in [0.29, 0.717) is 0 Å². The largest absolute Gasteiger partial charge is 0.573 e. The quantitative estimate of drug-likeness (QED) is 0.167. The molecule has 1 aromatic carbocycles. The van der Waals surface area contributed by atoms with Crippen LogP contribution in [-0.2, 0) is 6.18 Å². The van der Waals surface area contributed by atoms with Crippen molar-refractivity contribution in [1.29, 1.82) is 0 Å². The lowest BCUT2D eigenvalue weighted by molar-refractivity contribution is -0.274. The third-order valence-electron chi connectivity index (χ3n) is 3.17. The highest BCUT2D eigenvalue weighted by atomic mass is 127. The van der Waals surface area contributed by atoms with Gasteiger partial charge >= 0.3 is 12.5 Å². The van der Waals surface area contributed by atoms with E-state index in [1.165, 1.54) is 24.4 Å². The second-order valence-corrected chi connectivity index (χ2v) is 5.26. The lowest BCUT2D eigenvalue weighted by atomic mass is 10.2. The fourth-order valence-electron chi connectivity index (χ4n) is 2.09. The van der Waals surface area contributed by atoms with Crippen LogP contribution in [0.15, 0.2) is 47.6 Å². The number of alkyl halides is 6. The van der Waals surface area contributed by atoms with Crippen molar-refractivity contribution >= 4 is 41.4 Å². The van der Waals surface area contributed by atoms with E-state index in [-0.39, 0.29) is 54.5 Å². The van der Waals surface area contributed by atoms with Gasteiger partial charge in [0.05, 0.1) is 17.8 Å². The van der Waals surface area contributed by atoms with E-state index < -0.39 is 23.9 Å². The van der Waals surface area contributed by atoms with Gasteiger partial charge in [-0.05, 0) is 24.3 Å². The molecule has 0 unspecified atom stereocenters. The molecule has 0 saturated carbocycles. The average molecular weight is 535 g/mol. The fraction of sp³-hybridized carbons (Fsp3) is 0.250. The Hall–Kier alpha value is -2.45. The van der Waals surface area contributed by atoms with Gasteiger partial charge in [-0.15, -0.1) is 37.1 Å². The zero-order valence-electron chi connectivity index (χ0n) is 14.5. The van der Waals surface area contributed by atoms with Gasteiger partial charge in [-0.1, -0.05) is 12.1 Å². The molecule has 0 saturated heterocycles. The number of anilines is 2. The molecule has 0 aliphatic heterocycles. The van der Waals surface area contributed by atoms with Gasteiger partial charge in [0.1, 0.15) is 5.82 Å². The Morgan fingerprint density at radius 3 is 2.41 bits per heavy atom. The number of nitrogens with two attached hydrogens (primary N) is 1. The number of benzene rings is 1. The van der Waals surface area contributed by atoms with Crippen LogP contribution in [0.5, 0.6) is 5.75 Å². The summed E-state index contributed by atoms with van der Waals surface area (Å²) in [4.78, 5) is 7.46. The predicted octanol–water partition coefficient (Wildman–Crippen LogP) is 4.46. The van der Waals surface area contributed by atoms with Crippen molar-refractivity contribution in [3.63, 3.8) is 0 Å². The molecule has 0 amide bonds. The summed E-state index contributed by atoms with van der Waals surface area (Å²) in [7, 11) is 0. The highest BCUT2D eigenvalue weighted by Crippen LogP contribution is 2.33. The molecule has 0 atom stereocenters. The number of pyridine rings is 1. The molecule has 0 spiro atoms. The number of nitrogens with one attached hydrogen (secondary N) is 2. The monoisotopic (exact) mass is 535 g/mol. The summed E-state index contributed by atoms with van der Waals surface area (Å²) in [6.45, 7) is -0.0990. The fourth-order valence-corrected chi connectivity index (χ4v) is 2.09. The van der Waals surface area contributed by atoms with E-state index in [0.717, 1.165) is 18.2 Å². The molecule has 29 heavy (non-hydrogen) atoms. The second-order valence-electron chi connectivity index (χ2n) is 5.26. The minimum atomic E-state index is -4.88. The molecule has 4 N–H and O–H groups in total. The maximum Gasteiger partial charge on any atom is 0.573 e. The first-order chi connectivity index (χ1) is 13.1. The molecule has 0 aliphatic carbocycles. The van der Waals surface area contributed by atoms with E-state index in [1.54, 1.807) is 0 Å². The van der Waals surface area contributed by atoms with Gasteiger partial charge in [-0.25, -0.2) is 4.98 Å². The number of para-hydroxylation sites is 2. The molecule has 6 nitrogen and oxygen atoms in total. The Labute approximate surface area is 178 Å². The molecule has 0 bridgehead atoms. The number of ether oxygens (including phenoxy) is 1. The third-order valence-corrected chi connectivity index (χ3v) is 3.17. The minimum absolute atomic E-state index is 0. The van der Waals surface area contributed by atoms with Crippen LogP contribution in [0.3, 0.4) is 0 Å². The number of guanidine groups is 1. The van der Waals surface area contributed by atoms with Gasteiger partial charge in [-0.2, -0.15) is 13.2 Å². The van der Waals surface area contributed by atoms with E-state index in [4.69, 9.17) is 5.73 Å². The Morgan fingerprint density at radius 1 is 1.07 bits per heavy atom. The molecular formula is C16H16F6IN5O. The highest BCUT2D eigenvalue weighted by molar-refractivity contribution is 14.0. The number of hydrogen-bond acceptors (Lipinski definition) is 4. The standard InChI is InChI=1S/C16H15F6N5O.HI/c17-15(18,19)10-4-3-7-24-13(10)25-8-9-26-14(23)27-11-5-1-2-6-12(11)28-16(20,21)22;/h1-7H,8-9H2,(H,24,25)(H3,23,26,27);1H. The van der Waals surface area contributed by atoms with Crippen molar-refractivity contribution in [1.82, 2.24) is 4.98 Å². The van der Waals surface area contributed by atoms with Gasteiger partial charge in [0.15, 0.2) is 11.7 Å². The number of halogens is 7. The summed E-state index contributed by atoms with van der Waals surface area (Å²) >= 11 is 0. The third kappa shape index (κ3) is 8.21. The topological polar surface area (TPSA) is 84.6 Å². The van der Waals surface area contributed by atoms with E-state index in [1.807, 2.05) is 0 Å². The van der Waals surface area contributed by atoms with Gasteiger partial charge in [0.25, 0.3) is 0 Å². The molecule has 2 rings (SSSR count). The normalized spacial score (nSPS) is 12.1. The highest BCUT2D eigenvalue weighted by Gasteiger charge is 2.34. The van der Waals surface area contributed by atoms with Crippen LogP contribution in [0, 0.1) is 0 Å². The van der Waals surface area contributed by atoms with Gasteiger partial charge in [0.2, 0.25) is 0 Å². The summed E-state index contributed by atoms with van der Waals surface area (Å²) in [5.74, 6) is -1.10. The van der Waals surface area contributed by atoms with Crippen LogP contribution in [0.25, 0.3) is 0 Å². The molecule has 160 valence electrons. The Balaban J connectivity index is 0.00000420. The molecule has 1 heterocycles. The molecule has 0 aliphatic rings. The molecule has 13 heteroatoms. The maximum absolute atomic E-state index is 12.9.